The average molecular weight is 480 g/mol. The Hall–Kier alpha value is -3.61. The molecule has 1 aromatic heterocycles. The maximum Gasteiger partial charge on any atom is 0.451 e. The van der Waals surface area contributed by atoms with Gasteiger partial charge in [-0.3, -0.25) is 4.79 Å². The van der Waals surface area contributed by atoms with E-state index in [2.05, 4.69) is 20.4 Å². The molecule has 1 N–H and O–H groups in total. The lowest BCUT2D eigenvalue weighted by molar-refractivity contribution is -0.145. The van der Waals surface area contributed by atoms with Gasteiger partial charge in [0, 0.05) is 30.1 Å². The van der Waals surface area contributed by atoms with E-state index in [1.54, 1.807) is 11.8 Å². The molecule has 2 aliphatic heterocycles. The first-order valence-corrected chi connectivity index (χ1v) is 10.3. The number of benzene rings is 1. The fourth-order valence-electron chi connectivity index (χ4n) is 3.64. The van der Waals surface area contributed by atoms with Gasteiger partial charge in [0.2, 0.25) is 11.7 Å². The number of carbonyl (C=O) groups is 2. The van der Waals surface area contributed by atoms with E-state index in [0.29, 0.717) is 24.4 Å². The Bertz CT molecular complexity index is 1090. The van der Waals surface area contributed by atoms with E-state index in [4.69, 9.17) is 4.74 Å². The van der Waals surface area contributed by atoms with Crippen LogP contribution in [0.5, 0.6) is 0 Å². The highest BCUT2D eigenvalue weighted by Gasteiger charge is 2.39. The molecule has 1 unspecified atom stereocenters. The fraction of sp³-hybridized carbons (Fsp3) is 0.381. The molecule has 1 saturated heterocycles. The molecule has 9 nitrogen and oxygen atoms in total. The van der Waals surface area contributed by atoms with E-state index in [0.717, 1.165) is 17.4 Å². The number of aromatic nitrogens is 2. The Labute approximate surface area is 191 Å². The summed E-state index contributed by atoms with van der Waals surface area (Å²) in [5, 5.41) is 8.15. The highest BCUT2D eigenvalue weighted by atomic mass is 19.4. The molecule has 1 fully saturated rings. The third-order valence-electron chi connectivity index (χ3n) is 5.43. The van der Waals surface area contributed by atoms with Crippen molar-refractivity contribution in [3.8, 4) is 0 Å². The van der Waals surface area contributed by atoms with Crippen LogP contribution in [0.1, 0.15) is 29.9 Å². The number of amides is 3. The molecule has 2 atom stereocenters. The molecule has 0 aliphatic carbocycles. The van der Waals surface area contributed by atoms with Gasteiger partial charge in [-0.15, -0.1) is 0 Å². The maximum atomic E-state index is 13.4. The third-order valence-corrected chi connectivity index (χ3v) is 5.43. The minimum Gasteiger partial charge on any atom is -0.370 e. The number of hydrogen-bond donors (Lipinski definition) is 1. The number of urea groups is 1. The van der Waals surface area contributed by atoms with Crippen molar-refractivity contribution in [1.82, 2.24) is 25.2 Å². The molecule has 0 spiro atoms. The van der Waals surface area contributed by atoms with Gasteiger partial charge < -0.3 is 15.0 Å². The summed E-state index contributed by atoms with van der Waals surface area (Å²) in [6, 6.07) is 3.61. The van der Waals surface area contributed by atoms with Gasteiger partial charge in [0.15, 0.2) is 0 Å². The molecular weight excluding hydrogens is 460 g/mol. The van der Waals surface area contributed by atoms with E-state index in [1.807, 2.05) is 0 Å². The molecule has 1 aromatic carbocycles. The number of ether oxygens (including phenoxy) is 1. The summed E-state index contributed by atoms with van der Waals surface area (Å²) in [7, 11) is 0. The van der Waals surface area contributed by atoms with Gasteiger partial charge in [0.1, 0.15) is 12.4 Å². The van der Waals surface area contributed by atoms with Crippen LogP contribution < -0.4 is 5.32 Å². The number of alkyl halides is 3. The summed E-state index contributed by atoms with van der Waals surface area (Å²) in [4.78, 5) is 33.5. The predicted octanol–water partition coefficient (Wildman–Crippen LogP) is 2.35. The number of halogens is 4. The molecule has 180 valence electrons. The normalized spacial score (nSPS) is 19.7. The van der Waals surface area contributed by atoms with Crippen molar-refractivity contribution in [2.24, 2.45) is 5.10 Å². The largest absolute Gasteiger partial charge is 0.451 e. The highest BCUT2D eigenvalue weighted by molar-refractivity contribution is 6.08. The van der Waals surface area contributed by atoms with Crippen LogP contribution in [-0.4, -0.2) is 69.9 Å². The van der Waals surface area contributed by atoms with Crippen LogP contribution >= 0.6 is 0 Å². The van der Waals surface area contributed by atoms with Gasteiger partial charge in [-0.1, -0.05) is 12.1 Å². The highest BCUT2D eigenvalue weighted by Crippen LogP contribution is 2.26. The van der Waals surface area contributed by atoms with Gasteiger partial charge in [-0.2, -0.15) is 18.3 Å². The number of rotatable bonds is 4. The van der Waals surface area contributed by atoms with Crippen LogP contribution in [-0.2, 0) is 15.7 Å². The van der Waals surface area contributed by atoms with Gasteiger partial charge in [0.05, 0.1) is 30.9 Å². The molecule has 2 aromatic rings. The molecule has 0 bridgehead atoms. The van der Waals surface area contributed by atoms with Crippen molar-refractivity contribution in [1.29, 1.82) is 0 Å². The smallest absolute Gasteiger partial charge is 0.370 e. The topological polar surface area (TPSA) is 100 Å². The Balaban J connectivity index is 1.52. The molecular formula is C21H20F4N6O3. The first-order chi connectivity index (χ1) is 16.1. The van der Waals surface area contributed by atoms with Crippen LogP contribution in [0.2, 0.25) is 0 Å². The molecule has 0 saturated carbocycles. The fourth-order valence-corrected chi connectivity index (χ4v) is 3.64. The first kappa shape index (κ1) is 23.5. The lowest BCUT2D eigenvalue weighted by atomic mass is 10.0. The van der Waals surface area contributed by atoms with Crippen LogP contribution in [0.3, 0.4) is 0 Å². The number of hydrogen-bond acceptors (Lipinski definition) is 6. The quantitative estimate of drug-likeness (QED) is 0.678. The standard InChI is InChI=1S/C21H20F4N6O3/c1-12(14-8-26-19(27-9-14)21(23,24)25)28-20(33)31-10-16(30-6-7-34-11-17(30)32)18(29-31)13-2-4-15(22)5-3-13/h2-5,8-9,12,16H,6-7,10-11H2,1H3,(H,28,33)/t12?,16-/m0/s1. The van der Waals surface area contributed by atoms with Crippen LogP contribution in [0, 0.1) is 5.82 Å². The zero-order chi connectivity index (χ0) is 24.5. The summed E-state index contributed by atoms with van der Waals surface area (Å²) in [5.74, 6) is -1.98. The summed E-state index contributed by atoms with van der Waals surface area (Å²) >= 11 is 0. The molecule has 2 aliphatic rings. The van der Waals surface area contributed by atoms with Crippen molar-refractivity contribution in [2.45, 2.75) is 25.2 Å². The molecule has 4 rings (SSSR count). The Morgan fingerprint density at radius 1 is 1.21 bits per heavy atom. The van der Waals surface area contributed by atoms with Gasteiger partial charge in [-0.05, 0) is 19.1 Å². The molecule has 34 heavy (non-hydrogen) atoms. The van der Waals surface area contributed by atoms with Crippen molar-refractivity contribution in [2.75, 3.05) is 26.3 Å². The van der Waals surface area contributed by atoms with Crippen molar-refractivity contribution in [3.63, 3.8) is 0 Å². The summed E-state index contributed by atoms with van der Waals surface area (Å²) < 4.78 is 56.6. The zero-order valence-corrected chi connectivity index (χ0v) is 17.9. The first-order valence-electron chi connectivity index (χ1n) is 10.3. The lowest BCUT2D eigenvalue weighted by Crippen LogP contribution is -2.52. The van der Waals surface area contributed by atoms with E-state index in [1.165, 1.54) is 24.3 Å². The Kier molecular flexibility index (Phi) is 6.46. The second-order valence-electron chi connectivity index (χ2n) is 7.74. The number of hydrazone groups is 1. The van der Waals surface area contributed by atoms with Gasteiger partial charge >= 0.3 is 12.2 Å². The minimum absolute atomic E-state index is 0.0422. The van der Waals surface area contributed by atoms with Gasteiger partial charge in [0.25, 0.3) is 0 Å². The zero-order valence-electron chi connectivity index (χ0n) is 17.9. The van der Waals surface area contributed by atoms with Crippen molar-refractivity contribution < 1.29 is 31.9 Å². The third kappa shape index (κ3) is 4.98. The number of morpholine rings is 1. The van der Waals surface area contributed by atoms with E-state index in [-0.39, 0.29) is 24.6 Å². The molecule has 3 amide bonds. The summed E-state index contributed by atoms with van der Waals surface area (Å²) in [6.07, 6.45) is -2.68. The number of nitrogens with one attached hydrogen (secondary N) is 1. The second-order valence-corrected chi connectivity index (χ2v) is 7.74. The molecule has 0 radical (unpaired) electrons. The monoisotopic (exact) mass is 480 g/mol. The van der Waals surface area contributed by atoms with E-state index >= 15 is 0 Å². The molecule has 3 heterocycles. The van der Waals surface area contributed by atoms with E-state index < -0.39 is 35.9 Å². The van der Waals surface area contributed by atoms with Crippen LogP contribution in [0.25, 0.3) is 0 Å². The number of nitrogens with zero attached hydrogens (tertiary/aromatic N) is 5. The SMILES string of the molecule is CC(NC(=O)N1C[C@H](N2CCOCC2=O)C(c2ccc(F)cc2)=N1)c1cnc(C(F)(F)F)nc1. The minimum atomic E-state index is -4.67. The predicted molar refractivity (Wildman–Crippen MR) is 110 cm³/mol. The summed E-state index contributed by atoms with van der Waals surface area (Å²) in [6.45, 7) is 2.15. The Morgan fingerprint density at radius 2 is 1.88 bits per heavy atom. The Morgan fingerprint density at radius 3 is 2.50 bits per heavy atom. The second kappa shape index (κ2) is 9.33. The van der Waals surface area contributed by atoms with Crippen LogP contribution in [0.4, 0.5) is 22.4 Å². The van der Waals surface area contributed by atoms with Crippen molar-refractivity contribution in [3.05, 3.63) is 59.4 Å². The maximum absolute atomic E-state index is 13.4. The summed E-state index contributed by atoms with van der Waals surface area (Å²) in [5.41, 5.74) is 1.23. The van der Waals surface area contributed by atoms with Crippen LogP contribution in [0.15, 0.2) is 41.8 Å². The van der Waals surface area contributed by atoms with Gasteiger partial charge in [-0.25, -0.2) is 24.2 Å². The van der Waals surface area contributed by atoms with Crippen molar-refractivity contribution >= 4 is 17.6 Å². The average Bonchev–Trinajstić information content (AvgIpc) is 3.25. The number of carbonyl (C=O) groups excluding carboxylic acids is 2. The lowest BCUT2D eigenvalue weighted by Gasteiger charge is -2.32. The molecule has 13 heteroatoms. The van der Waals surface area contributed by atoms with E-state index in [9.17, 15) is 27.2 Å².